The van der Waals surface area contributed by atoms with Crippen LogP contribution in [0.3, 0.4) is 0 Å². The van der Waals surface area contributed by atoms with Crippen LogP contribution in [0.25, 0.3) is 0 Å². The van der Waals surface area contributed by atoms with Crippen LogP contribution in [0, 0.1) is 11.6 Å². The molecule has 72 valence electrons. The van der Waals surface area contributed by atoms with Gasteiger partial charge < -0.3 is 5.11 Å². The number of rotatable bonds is 2. The number of benzene rings is 1. The Hall–Kier alpha value is -0.480. The number of hydrogen-bond acceptors (Lipinski definition) is 1. The first-order valence-electron chi connectivity index (χ1n) is 3.74. The van der Waals surface area contributed by atoms with Crippen LogP contribution in [-0.4, -0.2) is 9.62 Å². The van der Waals surface area contributed by atoms with E-state index in [1.165, 1.54) is 13.0 Å². The van der Waals surface area contributed by atoms with E-state index < -0.39 is 16.1 Å². The molecule has 0 radical (unpaired) electrons. The van der Waals surface area contributed by atoms with E-state index in [9.17, 15) is 13.9 Å². The van der Waals surface area contributed by atoms with Crippen LogP contribution in [0.4, 0.5) is 8.78 Å². The fraction of sp³-hybridized carbons (Fsp3) is 0.333. The maximum atomic E-state index is 13.0. The normalized spacial score (nSPS) is 15.5. The lowest BCUT2D eigenvalue weighted by Crippen LogP contribution is -2.18. The van der Waals surface area contributed by atoms with E-state index in [0.29, 0.717) is 0 Å². The van der Waals surface area contributed by atoms with Crippen molar-refractivity contribution < 1.29 is 13.9 Å². The molecule has 1 atom stereocenters. The number of halogens is 3. The zero-order valence-corrected chi connectivity index (χ0v) is 8.61. The molecular weight excluding hydrogens is 242 g/mol. The molecule has 0 heterocycles. The van der Waals surface area contributed by atoms with Crippen molar-refractivity contribution >= 4 is 15.9 Å². The van der Waals surface area contributed by atoms with Gasteiger partial charge in [-0.25, -0.2) is 8.78 Å². The first kappa shape index (κ1) is 10.6. The molecule has 1 rings (SSSR count). The number of alkyl halides is 1. The Morgan fingerprint density at radius 3 is 2.54 bits per heavy atom. The van der Waals surface area contributed by atoms with Crippen LogP contribution in [0.2, 0.25) is 0 Å². The van der Waals surface area contributed by atoms with Crippen molar-refractivity contribution in [3.63, 3.8) is 0 Å². The van der Waals surface area contributed by atoms with Gasteiger partial charge in [0.15, 0.2) is 0 Å². The Morgan fingerprint density at radius 2 is 2.08 bits per heavy atom. The molecule has 0 aromatic heterocycles. The van der Waals surface area contributed by atoms with Crippen molar-refractivity contribution in [3.8, 4) is 0 Å². The van der Waals surface area contributed by atoms with Crippen LogP contribution in [0.5, 0.6) is 0 Å². The largest absolute Gasteiger partial charge is 0.379 e. The van der Waals surface area contributed by atoms with E-state index in [1.54, 1.807) is 0 Å². The molecule has 0 fully saturated rings. The molecule has 1 unspecified atom stereocenters. The minimum atomic E-state index is -1.16. The quantitative estimate of drug-likeness (QED) is 0.801. The Kier molecular flexibility index (Phi) is 3.03. The summed E-state index contributed by atoms with van der Waals surface area (Å²) in [6, 6.07) is 3.28. The lowest BCUT2D eigenvalue weighted by Gasteiger charge is -2.15. The molecule has 0 aliphatic heterocycles. The Balaban J connectivity index is 2.90. The zero-order valence-electron chi connectivity index (χ0n) is 7.02. The van der Waals surface area contributed by atoms with Gasteiger partial charge in [0.05, 0.1) is 0 Å². The third kappa shape index (κ3) is 3.40. The summed E-state index contributed by atoms with van der Waals surface area (Å²) in [7, 11) is 0. The SMILES string of the molecule is CC(O)(Br)Cc1ccc(F)cc1F. The fourth-order valence-corrected chi connectivity index (χ4v) is 1.31. The molecule has 4 heteroatoms. The first-order valence-corrected chi connectivity index (χ1v) is 4.53. The molecule has 0 amide bonds. The van der Waals surface area contributed by atoms with Gasteiger partial charge in [0, 0.05) is 12.5 Å². The molecule has 0 bridgehead atoms. The molecule has 1 nitrogen and oxygen atoms in total. The van der Waals surface area contributed by atoms with Crippen molar-refractivity contribution in [2.24, 2.45) is 0 Å². The van der Waals surface area contributed by atoms with Crippen LogP contribution in [0.1, 0.15) is 12.5 Å². The molecule has 0 saturated carbocycles. The lowest BCUT2D eigenvalue weighted by molar-refractivity contribution is 0.165. The highest BCUT2D eigenvalue weighted by Gasteiger charge is 2.18. The van der Waals surface area contributed by atoms with E-state index in [1.807, 2.05) is 0 Å². The van der Waals surface area contributed by atoms with Gasteiger partial charge >= 0.3 is 0 Å². The van der Waals surface area contributed by atoms with Crippen molar-refractivity contribution in [1.29, 1.82) is 0 Å². The van der Waals surface area contributed by atoms with Crippen molar-refractivity contribution in [2.75, 3.05) is 0 Å². The maximum Gasteiger partial charge on any atom is 0.129 e. The Bertz CT molecular complexity index is 307. The molecule has 1 N–H and O–H groups in total. The second-order valence-electron chi connectivity index (χ2n) is 3.05. The summed E-state index contributed by atoms with van der Waals surface area (Å²) in [6.07, 6.45) is 0.0963. The molecule has 0 aliphatic rings. The predicted octanol–water partition coefficient (Wildman–Crippen LogP) is 2.61. The first-order chi connectivity index (χ1) is 5.88. The van der Waals surface area contributed by atoms with Crippen molar-refractivity contribution in [2.45, 2.75) is 17.9 Å². The summed E-state index contributed by atoms with van der Waals surface area (Å²) < 4.78 is 24.3. The van der Waals surface area contributed by atoms with Gasteiger partial charge in [0.25, 0.3) is 0 Å². The highest BCUT2D eigenvalue weighted by atomic mass is 79.9. The molecule has 0 spiro atoms. The molecular formula is C9H9BrF2O. The van der Waals surface area contributed by atoms with Crippen molar-refractivity contribution in [3.05, 3.63) is 35.4 Å². The lowest BCUT2D eigenvalue weighted by atomic mass is 10.1. The van der Waals surface area contributed by atoms with E-state index in [0.717, 1.165) is 12.1 Å². The predicted molar refractivity (Wildman–Crippen MR) is 49.6 cm³/mol. The standard InChI is InChI=1S/C9H9BrF2O/c1-9(10,13)5-6-2-3-7(11)4-8(6)12/h2-4,13H,5H2,1H3. The van der Waals surface area contributed by atoms with E-state index in [2.05, 4.69) is 15.9 Å². The molecule has 0 saturated heterocycles. The van der Waals surface area contributed by atoms with Crippen molar-refractivity contribution in [1.82, 2.24) is 0 Å². The Morgan fingerprint density at radius 1 is 1.46 bits per heavy atom. The van der Waals surface area contributed by atoms with Gasteiger partial charge in [-0.3, -0.25) is 0 Å². The summed E-state index contributed by atoms with van der Waals surface area (Å²) in [4.78, 5) is 0. The third-order valence-electron chi connectivity index (χ3n) is 1.53. The molecule has 13 heavy (non-hydrogen) atoms. The number of aliphatic hydroxyl groups is 1. The second kappa shape index (κ2) is 3.72. The highest BCUT2D eigenvalue weighted by Crippen LogP contribution is 2.21. The minimum Gasteiger partial charge on any atom is -0.379 e. The summed E-state index contributed by atoms with van der Waals surface area (Å²) in [5.74, 6) is -1.25. The van der Waals surface area contributed by atoms with E-state index in [4.69, 9.17) is 0 Å². The van der Waals surface area contributed by atoms with Crippen LogP contribution >= 0.6 is 15.9 Å². The fourth-order valence-electron chi connectivity index (χ4n) is 1.01. The average molecular weight is 251 g/mol. The van der Waals surface area contributed by atoms with Gasteiger partial charge in [0.2, 0.25) is 0 Å². The summed E-state index contributed by atoms with van der Waals surface area (Å²) in [5, 5.41) is 9.32. The van der Waals surface area contributed by atoms with Gasteiger partial charge in [-0.15, -0.1) is 0 Å². The summed E-state index contributed by atoms with van der Waals surface area (Å²) in [6.45, 7) is 1.50. The highest BCUT2D eigenvalue weighted by molar-refractivity contribution is 9.10. The summed E-state index contributed by atoms with van der Waals surface area (Å²) >= 11 is 2.96. The maximum absolute atomic E-state index is 13.0. The topological polar surface area (TPSA) is 20.2 Å². The zero-order chi connectivity index (χ0) is 10.1. The average Bonchev–Trinajstić information content (AvgIpc) is 1.93. The van der Waals surface area contributed by atoms with E-state index >= 15 is 0 Å². The second-order valence-corrected chi connectivity index (χ2v) is 4.76. The smallest absolute Gasteiger partial charge is 0.129 e. The minimum absolute atomic E-state index is 0.0963. The number of hydrogen-bond donors (Lipinski definition) is 1. The van der Waals surface area contributed by atoms with Crippen LogP contribution < -0.4 is 0 Å². The summed E-state index contributed by atoms with van der Waals surface area (Å²) in [5.41, 5.74) is 0.281. The molecule has 0 aliphatic carbocycles. The Labute approximate surface area is 83.5 Å². The monoisotopic (exact) mass is 250 g/mol. The third-order valence-corrected chi connectivity index (χ3v) is 1.81. The van der Waals surface area contributed by atoms with Gasteiger partial charge in [-0.05, 0) is 18.6 Å². The van der Waals surface area contributed by atoms with Crippen LogP contribution in [-0.2, 0) is 6.42 Å². The molecule has 1 aromatic carbocycles. The van der Waals surface area contributed by atoms with Gasteiger partial charge in [0.1, 0.15) is 16.1 Å². The molecule has 1 aromatic rings. The van der Waals surface area contributed by atoms with Gasteiger partial charge in [-0.2, -0.15) is 0 Å². The van der Waals surface area contributed by atoms with Gasteiger partial charge in [-0.1, -0.05) is 22.0 Å². The van der Waals surface area contributed by atoms with Crippen LogP contribution in [0.15, 0.2) is 18.2 Å². The van der Waals surface area contributed by atoms with E-state index in [-0.39, 0.29) is 12.0 Å².